The monoisotopic (exact) mass is 378 g/mol. The maximum Gasteiger partial charge on any atom is 0.251 e. The smallest absolute Gasteiger partial charge is 0.251 e. The molecule has 0 saturated carbocycles. The van der Waals surface area contributed by atoms with E-state index in [4.69, 9.17) is 0 Å². The standard InChI is InChI=1S/C20H22N6O2/c1-14(11-26-13-21-12-24-26)25-20(28)18-5-3-4-17(8-18)19-7-6-16(10-23-19)9-22-15(2)27/h3-8,10,12-14H,9,11H2,1-2H3,(H,22,27)(H,25,28)/t14-/m0/s1. The Kier molecular flexibility index (Phi) is 6.11. The molecule has 8 heteroatoms. The van der Waals surface area contributed by atoms with Crippen molar-refractivity contribution in [2.75, 3.05) is 0 Å². The lowest BCUT2D eigenvalue weighted by molar-refractivity contribution is -0.119. The molecule has 8 nitrogen and oxygen atoms in total. The highest BCUT2D eigenvalue weighted by Crippen LogP contribution is 2.18. The van der Waals surface area contributed by atoms with Crippen LogP contribution in [0.5, 0.6) is 0 Å². The fourth-order valence-corrected chi connectivity index (χ4v) is 2.71. The maximum atomic E-state index is 12.6. The van der Waals surface area contributed by atoms with Crippen molar-refractivity contribution >= 4 is 11.8 Å². The number of hydrogen-bond acceptors (Lipinski definition) is 5. The molecule has 2 amide bonds. The second kappa shape index (κ2) is 8.90. The normalized spacial score (nSPS) is 11.6. The molecule has 0 aliphatic carbocycles. The van der Waals surface area contributed by atoms with Gasteiger partial charge >= 0.3 is 0 Å². The lowest BCUT2D eigenvalue weighted by atomic mass is 10.1. The Morgan fingerprint density at radius 3 is 2.75 bits per heavy atom. The molecule has 2 N–H and O–H groups in total. The molecule has 2 aromatic heterocycles. The van der Waals surface area contributed by atoms with E-state index in [0.29, 0.717) is 18.7 Å². The van der Waals surface area contributed by atoms with Gasteiger partial charge in [0.25, 0.3) is 5.91 Å². The van der Waals surface area contributed by atoms with Gasteiger partial charge in [-0.3, -0.25) is 19.3 Å². The molecular weight excluding hydrogens is 356 g/mol. The van der Waals surface area contributed by atoms with Gasteiger partial charge < -0.3 is 10.6 Å². The van der Waals surface area contributed by atoms with E-state index >= 15 is 0 Å². The van der Waals surface area contributed by atoms with E-state index in [1.54, 1.807) is 23.3 Å². The molecule has 3 aromatic rings. The van der Waals surface area contributed by atoms with E-state index in [0.717, 1.165) is 16.8 Å². The first-order valence-corrected chi connectivity index (χ1v) is 8.94. The van der Waals surface area contributed by atoms with Crippen LogP contribution in [0.15, 0.2) is 55.2 Å². The minimum absolute atomic E-state index is 0.0826. The van der Waals surface area contributed by atoms with Gasteiger partial charge in [-0.15, -0.1) is 0 Å². The number of carbonyl (C=O) groups is 2. The van der Waals surface area contributed by atoms with Crippen LogP contribution in [0.1, 0.15) is 29.8 Å². The van der Waals surface area contributed by atoms with Gasteiger partial charge in [-0.2, -0.15) is 5.10 Å². The molecule has 144 valence electrons. The van der Waals surface area contributed by atoms with Crippen LogP contribution >= 0.6 is 0 Å². The van der Waals surface area contributed by atoms with Crippen molar-refractivity contribution < 1.29 is 9.59 Å². The van der Waals surface area contributed by atoms with E-state index in [1.165, 1.54) is 13.3 Å². The summed E-state index contributed by atoms with van der Waals surface area (Å²) in [6.07, 6.45) is 4.80. The fourth-order valence-electron chi connectivity index (χ4n) is 2.71. The number of carbonyl (C=O) groups excluding carboxylic acids is 2. The molecule has 28 heavy (non-hydrogen) atoms. The highest BCUT2D eigenvalue weighted by molar-refractivity contribution is 5.95. The summed E-state index contributed by atoms with van der Waals surface area (Å²) in [4.78, 5) is 31.9. The molecule has 0 aliphatic heterocycles. The second-order valence-corrected chi connectivity index (χ2v) is 6.53. The third kappa shape index (κ3) is 5.23. The molecule has 1 aromatic carbocycles. The van der Waals surface area contributed by atoms with Crippen molar-refractivity contribution in [2.24, 2.45) is 0 Å². The zero-order valence-corrected chi connectivity index (χ0v) is 15.8. The molecule has 0 radical (unpaired) electrons. The summed E-state index contributed by atoms with van der Waals surface area (Å²) in [6, 6.07) is 11.0. The first-order chi connectivity index (χ1) is 13.5. The number of hydrogen-bond donors (Lipinski definition) is 2. The van der Waals surface area contributed by atoms with Crippen LogP contribution in [0, 0.1) is 0 Å². The number of aromatic nitrogens is 4. The van der Waals surface area contributed by atoms with Crippen molar-refractivity contribution in [2.45, 2.75) is 33.0 Å². The third-order valence-corrected chi connectivity index (χ3v) is 4.09. The molecule has 0 unspecified atom stereocenters. The quantitative estimate of drug-likeness (QED) is 0.653. The van der Waals surface area contributed by atoms with E-state index in [9.17, 15) is 9.59 Å². The largest absolute Gasteiger partial charge is 0.352 e. The summed E-state index contributed by atoms with van der Waals surface area (Å²) in [5, 5.41) is 9.74. The predicted octanol–water partition coefficient (Wildman–Crippen LogP) is 1.79. The zero-order chi connectivity index (χ0) is 19.9. The molecule has 1 atom stereocenters. The van der Waals surface area contributed by atoms with Gasteiger partial charge in [-0.1, -0.05) is 18.2 Å². The highest BCUT2D eigenvalue weighted by atomic mass is 16.2. The van der Waals surface area contributed by atoms with E-state index in [2.05, 4.69) is 25.7 Å². The van der Waals surface area contributed by atoms with Gasteiger partial charge in [0.15, 0.2) is 0 Å². The molecular formula is C20H22N6O2. The van der Waals surface area contributed by atoms with Gasteiger partial charge in [0.05, 0.1) is 12.2 Å². The van der Waals surface area contributed by atoms with Gasteiger partial charge in [0.1, 0.15) is 12.7 Å². The summed E-state index contributed by atoms with van der Waals surface area (Å²) in [5.41, 5.74) is 3.08. The fraction of sp³-hybridized carbons (Fsp3) is 0.250. The van der Waals surface area contributed by atoms with Crippen molar-refractivity contribution in [3.8, 4) is 11.3 Å². The summed E-state index contributed by atoms with van der Waals surface area (Å²) in [5.74, 6) is -0.238. The predicted molar refractivity (Wildman–Crippen MR) is 104 cm³/mol. The Labute approximate surface area is 163 Å². The van der Waals surface area contributed by atoms with Crippen LogP contribution in [0.3, 0.4) is 0 Å². The summed E-state index contributed by atoms with van der Waals surface area (Å²) >= 11 is 0. The van der Waals surface area contributed by atoms with E-state index < -0.39 is 0 Å². The topological polar surface area (TPSA) is 102 Å². The van der Waals surface area contributed by atoms with E-state index in [1.807, 2.05) is 37.3 Å². The number of pyridine rings is 1. The molecule has 0 spiro atoms. The van der Waals surface area contributed by atoms with Crippen molar-refractivity contribution in [1.82, 2.24) is 30.4 Å². The van der Waals surface area contributed by atoms with E-state index in [-0.39, 0.29) is 17.9 Å². The molecule has 0 aliphatic rings. The molecule has 2 heterocycles. The van der Waals surface area contributed by atoms with Crippen LogP contribution in [0.2, 0.25) is 0 Å². The van der Waals surface area contributed by atoms with Crippen LogP contribution in [0.25, 0.3) is 11.3 Å². The van der Waals surface area contributed by atoms with Crippen molar-refractivity contribution in [3.05, 3.63) is 66.4 Å². The van der Waals surface area contributed by atoms with Crippen LogP contribution in [-0.4, -0.2) is 37.6 Å². The number of nitrogens with one attached hydrogen (secondary N) is 2. The lowest BCUT2D eigenvalue weighted by Gasteiger charge is -2.14. The first kappa shape index (κ1) is 19.2. The second-order valence-electron chi connectivity index (χ2n) is 6.53. The van der Waals surface area contributed by atoms with Crippen molar-refractivity contribution in [3.63, 3.8) is 0 Å². The Morgan fingerprint density at radius 2 is 2.07 bits per heavy atom. The average molecular weight is 378 g/mol. The maximum absolute atomic E-state index is 12.6. The highest BCUT2D eigenvalue weighted by Gasteiger charge is 2.12. The van der Waals surface area contributed by atoms with Crippen LogP contribution in [-0.2, 0) is 17.9 Å². The summed E-state index contributed by atoms with van der Waals surface area (Å²) in [7, 11) is 0. The number of benzene rings is 1. The molecule has 3 rings (SSSR count). The van der Waals surface area contributed by atoms with Gasteiger partial charge in [0.2, 0.25) is 5.91 Å². The minimum Gasteiger partial charge on any atom is -0.352 e. The number of nitrogens with zero attached hydrogens (tertiary/aromatic N) is 4. The SMILES string of the molecule is CC(=O)NCc1ccc(-c2cccc(C(=O)N[C@@H](C)Cn3cncn3)c2)nc1. The lowest BCUT2D eigenvalue weighted by Crippen LogP contribution is -2.35. The Morgan fingerprint density at radius 1 is 1.21 bits per heavy atom. The summed E-state index contributed by atoms with van der Waals surface area (Å²) < 4.78 is 1.67. The van der Waals surface area contributed by atoms with Crippen LogP contribution in [0.4, 0.5) is 0 Å². The van der Waals surface area contributed by atoms with Gasteiger partial charge in [-0.25, -0.2) is 4.98 Å². The number of amides is 2. The van der Waals surface area contributed by atoms with Gasteiger partial charge in [-0.05, 0) is 30.7 Å². The Bertz CT molecular complexity index is 938. The van der Waals surface area contributed by atoms with Gasteiger partial charge in [0, 0.05) is 36.8 Å². The third-order valence-electron chi connectivity index (χ3n) is 4.09. The van der Waals surface area contributed by atoms with Crippen molar-refractivity contribution in [1.29, 1.82) is 0 Å². The molecule has 0 saturated heterocycles. The zero-order valence-electron chi connectivity index (χ0n) is 15.8. The average Bonchev–Trinajstić information content (AvgIpc) is 3.19. The minimum atomic E-state index is -0.156. The number of rotatable bonds is 7. The first-order valence-electron chi connectivity index (χ1n) is 8.94. The van der Waals surface area contributed by atoms with Crippen LogP contribution < -0.4 is 10.6 Å². The summed E-state index contributed by atoms with van der Waals surface area (Å²) in [6.45, 7) is 4.38. The molecule has 0 bridgehead atoms. The Hall–Kier alpha value is -3.55. The molecule has 0 fully saturated rings. The Balaban J connectivity index is 1.66.